The topological polar surface area (TPSA) is 17.1 Å². The summed E-state index contributed by atoms with van der Waals surface area (Å²) in [7, 11) is 0. The molecule has 1 aliphatic carbocycles. The Hall–Kier alpha value is -1.11. The molecule has 0 bridgehead atoms. The van der Waals surface area contributed by atoms with E-state index >= 15 is 0 Å². The zero-order valence-electron chi connectivity index (χ0n) is 10.5. The number of carbonyl (C=O) groups excluding carboxylic acids is 1. The molecule has 1 rings (SSSR count). The molecule has 0 heterocycles. The summed E-state index contributed by atoms with van der Waals surface area (Å²) in [6.45, 7) is 8.26. The van der Waals surface area contributed by atoms with Crippen molar-refractivity contribution in [2.45, 2.75) is 52.4 Å². The minimum atomic E-state index is 0.259. The number of Topliss-reactive ketones (excluding diaryl/α,β-unsaturated/α-hetero) is 1. The molecule has 1 nitrogen and oxygen atoms in total. The monoisotopic (exact) mass is 218 g/mol. The van der Waals surface area contributed by atoms with Gasteiger partial charge in [0.05, 0.1) is 0 Å². The molecule has 0 saturated heterocycles. The summed E-state index contributed by atoms with van der Waals surface area (Å²) in [6.07, 6.45) is 10.1. The second-order valence-electron chi connectivity index (χ2n) is 4.45. The summed E-state index contributed by atoms with van der Waals surface area (Å²) >= 11 is 0. The molecule has 0 atom stereocenters. The Bertz CT molecular complexity index is 301. The van der Waals surface area contributed by atoms with Gasteiger partial charge < -0.3 is 0 Å². The minimum absolute atomic E-state index is 0.259. The van der Waals surface area contributed by atoms with Crippen LogP contribution in [0.3, 0.4) is 0 Å². The fraction of sp³-hybridized carbons (Fsp3) is 0.533. The molecule has 0 aromatic heterocycles. The van der Waals surface area contributed by atoms with E-state index in [0.717, 1.165) is 55.2 Å². The van der Waals surface area contributed by atoms with Crippen molar-refractivity contribution in [1.29, 1.82) is 0 Å². The van der Waals surface area contributed by atoms with Gasteiger partial charge >= 0.3 is 0 Å². The summed E-state index contributed by atoms with van der Waals surface area (Å²) in [6, 6.07) is 0. The number of hydrogen-bond donors (Lipinski definition) is 0. The van der Waals surface area contributed by atoms with Crippen molar-refractivity contribution in [2.75, 3.05) is 0 Å². The zero-order chi connectivity index (χ0) is 12.0. The van der Waals surface area contributed by atoms with Gasteiger partial charge in [-0.3, -0.25) is 4.79 Å². The van der Waals surface area contributed by atoms with Crippen LogP contribution in [-0.2, 0) is 4.79 Å². The van der Waals surface area contributed by atoms with Crippen molar-refractivity contribution >= 4 is 5.78 Å². The molecule has 16 heavy (non-hydrogen) atoms. The summed E-state index contributed by atoms with van der Waals surface area (Å²) in [4.78, 5) is 12.1. The van der Waals surface area contributed by atoms with E-state index in [9.17, 15) is 4.79 Å². The molecule has 0 aliphatic heterocycles. The first-order valence-electron chi connectivity index (χ1n) is 6.33. The van der Waals surface area contributed by atoms with Crippen LogP contribution in [-0.4, -0.2) is 5.78 Å². The minimum Gasteiger partial charge on any atom is -0.289 e. The molecule has 0 amide bonds. The highest BCUT2D eigenvalue weighted by Gasteiger charge is 2.18. The third kappa shape index (κ3) is 3.48. The van der Waals surface area contributed by atoms with Gasteiger partial charge in [-0.05, 0) is 43.4 Å². The number of carbonyl (C=O) groups is 1. The zero-order valence-corrected chi connectivity index (χ0v) is 10.5. The van der Waals surface area contributed by atoms with Gasteiger partial charge in [0.15, 0.2) is 5.78 Å². The van der Waals surface area contributed by atoms with E-state index in [1.54, 1.807) is 0 Å². The van der Waals surface area contributed by atoms with E-state index < -0.39 is 0 Å². The van der Waals surface area contributed by atoms with Crippen LogP contribution in [0.25, 0.3) is 0 Å². The standard InChI is InChI=1S/C15H22O/c1-4-6-8-13-10-12(3)11-14(15(13)16)9-7-5-2/h10-11H,3-9H2,1-2H3. The third-order valence-electron chi connectivity index (χ3n) is 2.90. The lowest BCUT2D eigenvalue weighted by Gasteiger charge is -2.15. The molecule has 0 aromatic carbocycles. The molecule has 0 aromatic rings. The highest BCUT2D eigenvalue weighted by Crippen LogP contribution is 2.24. The van der Waals surface area contributed by atoms with E-state index in [2.05, 4.69) is 20.4 Å². The van der Waals surface area contributed by atoms with Gasteiger partial charge in [0.25, 0.3) is 0 Å². The smallest absolute Gasteiger partial charge is 0.185 e. The van der Waals surface area contributed by atoms with Crippen molar-refractivity contribution in [2.24, 2.45) is 0 Å². The molecule has 0 spiro atoms. The van der Waals surface area contributed by atoms with Crippen molar-refractivity contribution in [1.82, 2.24) is 0 Å². The largest absolute Gasteiger partial charge is 0.289 e. The lowest BCUT2D eigenvalue weighted by atomic mass is 9.89. The normalized spacial score (nSPS) is 16.1. The van der Waals surface area contributed by atoms with Crippen LogP contribution >= 0.6 is 0 Å². The summed E-state index contributed by atoms with van der Waals surface area (Å²) < 4.78 is 0. The van der Waals surface area contributed by atoms with Crippen LogP contribution in [0, 0.1) is 0 Å². The molecule has 1 aliphatic rings. The SMILES string of the molecule is C=C1C=C(CCCC)C(=O)C(CCCC)=C1. The van der Waals surface area contributed by atoms with Gasteiger partial charge in [0.2, 0.25) is 0 Å². The molecular weight excluding hydrogens is 196 g/mol. The van der Waals surface area contributed by atoms with Gasteiger partial charge in [-0.1, -0.05) is 33.3 Å². The fourth-order valence-electron chi connectivity index (χ4n) is 1.93. The van der Waals surface area contributed by atoms with E-state index in [1.807, 2.05) is 12.2 Å². The summed E-state index contributed by atoms with van der Waals surface area (Å²) in [5.74, 6) is 0.259. The van der Waals surface area contributed by atoms with Crippen molar-refractivity contribution in [3.63, 3.8) is 0 Å². The molecule has 0 unspecified atom stereocenters. The van der Waals surface area contributed by atoms with Gasteiger partial charge in [0, 0.05) is 11.1 Å². The second-order valence-corrected chi connectivity index (χ2v) is 4.45. The van der Waals surface area contributed by atoms with Crippen LogP contribution in [0.1, 0.15) is 52.4 Å². The first kappa shape index (κ1) is 13.0. The number of allylic oxidation sites excluding steroid dienone is 5. The quantitative estimate of drug-likeness (QED) is 0.647. The molecule has 0 fully saturated rings. The van der Waals surface area contributed by atoms with Gasteiger partial charge in [-0.2, -0.15) is 0 Å². The van der Waals surface area contributed by atoms with Crippen LogP contribution in [0.4, 0.5) is 0 Å². The second kappa shape index (κ2) is 6.47. The maximum atomic E-state index is 12.1. The molecule has 0 N–H and O–H groups in total. The Labute approximate surface area is 98.9 Å². The first-order chi connectivity index (χ1) is 7.69. The Balaban J connectivity index is 2.68. The molecule has 0 radical (unpaired) electrons. The highest BCUT2D eigenvalue weighted by molar-refractivity contribution is 6.10. The Kier molecular flexibility index (Phi) is 5.24. The predicted octanol–water partition coefficient (Wildman–Crippen LogP) is 4.36. The number of hydrogen-bond acceptors (Lipinski definition) is 1. The Morgan fingerprint density at radius 1 is 1.00 bits per heavy atom. The summed E-state index contributed by atoms with van der Waals surface area (Å²) in [5.41, 5.74) is 2.90. The lowest BCUT2D eigenvalue weighted by molar-refractivity contribution is -0.112. The molecule has 0 saturated carbocycles. The maximum absolute atomic E-state index is 12.1. The van der Waals surface area contributed by atoms with Gasteiger partial charge in [-0.15, -0.1) is 0 Å². The average Bonchev–Trinajstić information content (AvgIpc) is 2.28. The fourth-order valence-corrected chi connectivity index (χ4v) is 1.93. The number of unbranched alkanes of at least 4 members (excludes halogenated alkanes) is 2. The van der Waals surface area contributed by atoms with Crippen LogP contribution in [0.2, 0.25) is 0 Å². The van der Waals surface area contributed by atoms with Crippen LogP contribution in [0.5, 0.6) is 0 Å². The van der Waals surface area contributed by atoms with E-state index in [4.69, 9.17) is 0 Å². The number of rotatable bonds is 6. The Morgan fingerprint density at radius 2 is 1.44 bits per heavy atom. The maximum Gasteiger partial charge on any atom is 0.185 e. The van der Waals surface area contributed by atoms with Crippen molar-refractivity contribution in [3.8, 4) is 0 Å². The molecule has 1 heteroatoms. The van der Waals surface area contributed by atoms with Gasteiger partial charge in [0.1, 0.15) is 0 Å². The van der Waals surface area contributed by atoms with Crippen molar-refractivity contribution in [3.05, 3.63) is 35.5 Å². The Morgan fingerprint density at radius 3 is 1.81 bits per heavy atom. The number of ketones is 1. The van der Waals surface area contributed by atoms with Crippen molar-refractivity contribution < 1.29 is 4.79 Å². The lowest BCUT2D eigenvalue weighted by Crippen LogP contribution is -2.11. The summed E-state index contributed by atoms with van der Waals surface area (Å²) in [5, 5.41) is 0. The van der Waals surface area contributed by atoms with E-state index in [0.29, 0.717) is 0 Å². The van der Waals surface area contributed by atoms with E-state index in [-0.39, 0.29) is 5.78 Å². The molecule has 88 valence electrons. The first-order valence-corrected chi connectivity index (χ1v) is 6.33. The van der Waals surface area contributed by atoms with Crippen LogP contribution < -0.4 is 0 Å². The predicted molar refractivity (Wildman–Crippen MR) is 69.4 cm³/mol. The van der Waals surface area contributed by atoms with Gasteiger partial charge in [-0.25, -0.2) is 0 Å². The van der Waals surface area contributed by atoms with E-state index in [1.165, 1.54) is 0 Å². The van der Waals surface area contributed by atoms with Crippen LogP contribution in [0.15, 0.2) is 35.5 Å². The molecular formula is C15H22O. The third-order valence-corrected chi connectivity index (χ3v) is 2.90. The highest BCUT2D eigenvalue weighted by atomic mass is 16.1. The average molecular weight is 218 g/mol.